The molecule has 21 heavy (non-hydrogen) atoms. The molecule has 2 rings (SSSR count). The molecular formula is C18H27FO2. The lowest BCUT2D eigenvalue weighted by Gasteiger charge is -2.45. The quantitative estimate of drug-likeness (QED) is 0.908. The van der Waals surface area contributed by atoms with E-state index in [9.17, 15) is 9.50 Å². The van der Waals surface area contributed by atoms with E-state index in [0.717, 1.165) is 36.8 Å². The predicted octanol–water partition coefficient (Wildman–Crippen LogP) is 4.02. The molecule has 118 valence electrons. The van der Waals surface area contributed by atoms with E-state index in [1.165, 1.54) is 12.1 Å². The number of methoxy groups -OCH3 is 1. The van der Waals surface area contributed by atoms with E-state index < -0.39 is 11.7 Å². The van der Waals surface area contributed by atoms with Crippen molar-refractivity contribution in [1.29, 1.82) is 0 Å². The molecule has 1 fully saturated rings. The maximum absolute atomic E-state index is 13.4. The molecule has 0 aromatic heterocycles. The van der Waals surface area contributed by atoms with Gasteiger partial charge in [-0.05, 0) is 61.3 Å². The normalized spacial score (nSPS) is 22.0. The van der Waals surface area contributed by atoms with E-state index in [1.54, 1.807) is 13.2 Å². The molecule has 1 aromatic rings. The van der Waals surface area contributed by atoms with Crippen LogP contribution in [0.1, 0.15) is 50.7 Å². The second-order valence-electron chi connectivity index (χ2n) is 7.22. The largest absolute Gasteiger partial charge is 0.390 e. The Morgan fingerprint density at radius 3 is 2.43 bits per heavy atom. The third-order valence-corrected chi connectivity index (χ3v) is 5.19. The van der Waals surface area contributed by atoms with Gasteiger partial charge in [-0.25, -0.2) is 4.39 Å². The summed E-state index contributed by atoms with van der Waals surface area (Å²) in [5.74, 6) is -0.251. The lowest BCUT2D eigenvalue weighted by Crippen LogP contribution is -2.49. The highest BCUT2D eigenvalue weighted by Gasteiger charge is 2.43. The lowest BCUT2D eigenvalue weighted by molar-refractivity contribution is -0.135. The van der Waals surface area contributed by atoms with Gasteiger partial charge in [0, 0.05) is 13.5 Å². The SMILES string of the molecule is COC1(C(O)Cc2cc(F)ccc2C)CCC(C)(C)CC1. The number of ether oxygens (including phenoxy) is 1. The first kappa shape index (κ1) is 16.4. The Labute approximate surface area is 127 Å². The van der Waals surface area contributed by atoms with Crippen molar-refractivity contribution in [2.45, 2.75) is 64.6 Å². The minimum absolute atomic E-state index is 0.251. The van der Waals surface area contributed by atoms with E-state index in [1.807, 2.05) is 6.92 Å². The number of hydrogen-bond donors (Lipinski definition) is 1. The number of aryl methyl sites for hydroxylation is 1. The lowest BCUT2D eigenvalue weighted by atomic mass is 9.68. The Morgan fingerprint density at radius 2 is 1.86 bits per heavy atom. The number of aliphatic hydroxyl groups is 1. The molecule has 1 N–H and O–H groups in total. The average Bonchev–Trinajstić information content (AvgIpc) is 2.43. The Balaban J connectivity index is 2.14. The summed E-state index contributed by atoms with van der Waals surface area (Å²) in [7, 11) is 1.68. The molecule has 1 aliphatic rings. The minimum Gasteiger partial charge on any atom is -0.390 e. The van der Waals surface area contributed by atoms with Crippen LogP contribution >= 0.6 is 0 Å². The summed E-state index contributed by atoms with van der Waals surface area (Å²) < 4.78 is 19.1. The Bertz CT molecular complexity index is 486. The van der Waals surface area contributed by atoms with E-state index in [0.29, 0.717) is 11.8 Å². The summed E-state index contributed by atoms with van der Waals surface area (Å²) in [6.45, 7) is 6.47. The van der Waals surface area contributed by atoms with Crippen LogP contribution in [-0.2, 0) is 11.2 Å². The van der Waals surface area contributed by atoms with Crippen molar-refractivity contribution in [1.82, 2.24) is 0 Å². The molecule has 0 amide bonds. The predicted molar refractivity (Wildman–Crippen MR) is 82.8 cm³/mol. The van der Waals surface area contributed by atoms with Crippen molar-refractivity contribution >= 4 is 0 Å². The Kier molecular flexibility index (Phi) is 4.74. The van der Waals surface area contributed by atoms with Crippen molar-refractivity contribution in [2.24, 2.45) is 5.41 Å². The van der Waals surface area contributed by atoms with Gasteiger partial charge in [0.05, 0.1) is 11.7 Å². The van der Waals surface area contributed by atoms with E-state index in [2.05, 4.69) is 13.8 Å². The number of hydrogen-bond acceptors (Lipinski definition) is 2. The van der Waals surface area contributed by atoms with Crippen LogP contribution in [0.3, 0.4) is 0 Å². The van der Waals surface area contributed by atoms with Crippen molar-refractivity contribution in [3.05, 3.63) is 35.1 Å². The molecule has 0 saturated heterocycles. The fourth-order valence-corrected chi connectivity index (χ4v) is 3.28. The van der Waals surface area contributed by atoms with Crippen LogP contribution in [0.4, 0.5) is 4.39 Å². The molecule has 1 aliphatic carbocycles. The van der Waals surface area contributed by atoms with Gasteiger partial charge in [0.15, 0.2) is 0 Å². The molecule has 3 heteroatoms. The minimum atomic E-state index is -0.598. The molecule has 0 radical (unpaired) electrons. The molecule has 1 aromatic carbocycles. The van der Waals surface area contributed by atoms with Gasteiger partial charge in [-0.2, -0.15) is 0 Å². The summed E-state index contributed by atoms with van der Waals surface area (Å²) in [5, 5.41) is 10.7. The van der Waals surface area contributed by atoms with Gasteiger partial charge in [0.1, 0.15) is 5.82 Å². The summed E-state index contributed by atoms with van der Waals surface area (Å²) in [6, 6.07) is 4.75. The maximum Gasteiger partial charge on any atom is 0.123 e. The van der Waals surface area contributed by atoms with Crippen LogP contribution in [0.5, 0.6) is 0 Å². The zero-order chi connectivity index (χ0) is 15.7. The zero-order valence-corrected chi connectivity index (χ0v) is 13.6. The van der Waals surface area contributed by atoms with Crippen molar-refractivity contribution < 1.29 is 14.2 Å². The first-order valence-electron chi connectivity index (χ1n) is 7.76. The molecule has 1 atom stereocenters. The van der Waals surface area contributed by atoms with Crippen molar-refractivity contribution in [2.75, 3.05) is 7.11 Å². The van der Waals surface area contributed by atoms with Gasteiger partial charge < -0.3 is 9.84 Å². The first-order chi connectivity index (χ1) is 9.78. The molecule has 1 saturated carbocycles. The van der Waals surface area contributed by atoms with Crippen LogP contribution in [0, 0.1) is 18.2 Å². The highest BCUT2D eigenvalue weighted by atomic mass is 19.1. The van der Waals surface area contributed by atoms with Crippen molar-refractivity contribution in [3.63, 3.8) is 0 Å². The van der Waals surface area contributed by atoms with Gasteiger partial charge in [0.2, 0.25) is 0 Å². The summed E-state index contributed by atoms with van der Waals surface area (Å²) in [4.78, 5) is 0. The number of rotatable bonds is 4. The summed E-state index contributed by atoms with van der Waals surface area (Å²) in [5.41, 5.74) is 1.70. The molecule has 0 bridgehead atoms. The molecule has 0 heterocycles. The van der Waals surface area contributed by atoms with E-state index in [-0.39, 0.29) is 5.82 Å². The summed E-state index contributed by atoms with van der Waals surface area (Å²) >= 11 is 0. The first-order valence-corrected chi connectivity index (χ1v) is 7.76. The smallest absolute Gasteiger partial charge is 0.123 e. The van der Waals surface area contributed by atoms with Gasteiger partial charge in [0.25, 0.3) is 0 Å². The van der Waals surface area contributed by atoms with Gasteiger partial charge >= 0.3 is 0 Å². The number of halogens is 1. The summed E-state index contributed by atoms with van der Waals surface area (Å²) in [6.07, 6.45) is 3.63. The van der Waals surface area contributed by atoms with Gasteiger partial charge in [-0.3, -0.25) is 0 Å². The molecule has 0 aliphatic heterocycles. The van der Waals surface area contributed by atoms with Crippen LogP contribution in [0.25, 0.3) is 0 Å². The van der Waals surface area contributed by atoms with E-state index in [4.69, 9.17) is 4.74 Å². The van der Waals surface area contributed by atoms with E-state index >= 15 is 0 Å². The fraction of sp³-hybridized carbons (Fsp3) is 0.667. The van der Waals surface area contributed by atoms with Gasteiger partial charge in [-0.15, -0.1) is 0 Å². The monoisotopic (exact) mass is 294 g/mol. The van der Waals surface area contributed by atoms with Crippen LogP contribution in [-0.4, -0.2) is 23.9 Å². The second-order valence-corrected chi connectivity index (χ2v) is 7.22. The molecular weight excluding hydrogens is 267 g/mol. The maximum atomic E-state index is 13.4. The number of benzene rings is 1. The highest BCUT2D eigenvalue weighted by Crippen LogP contribution is 2.44. The standard InChI is InChI=1S/C18H27FO2/c1-13-5-6-15(19)11-14(13)12-16(20)18(21-4)9-7-17(2,3)8-10-18/h5-6,11,16,20H,7-10,12H2,1-4H3. The van der Waals surface area contributed by atoms with Crippen LogP contribution < -0.4 is 0 Å². The van der Waals surface area contributed by atoms with Crippen LogP contribution in [0.2, 0.25) is 0 Å². The third kappa shape index (κ3) is 3.64. The van der Waals surface area contributed by atoms with Crippen LogP contribution in [0.15, 0.2) is 18.2 Å². The fourth-order valence-electron chi connectivity index (χ4n) is 3.28. The topological polar surface area (TPSA) is 29.5 Å². The number of aliphatic hydroxyl groups excluding tert-OH is 1. The van der Waals surface area contributed by atoms with Gasteiger partial charge in [-0.1, -0.05) is 19.9 Å². The van der Waals surface area contributed by atoms with Crippen molar-refractivity contribution in [3.8, 4) is 0 Å². The molecule has 2 nitrogen and oxygen atoms in total. The Morgan fingerprint density at radius 1 is 1.24 bits per heavy atom. The zero-order valence-electron chi connectivity index (χ0n) is 13.6. The molecule has 0 spiro atoms. The third-order valence-electron chi connectivity index (χ3n) is 5.19. The average molecular weight is 294 g/mol. The second kappa shape index (κ2) is 6.05. The molecule has 1 unspecified atom stereocenters. The Hall–Kier alpha value is -0.930. The highest BCUT2D eigenvalue weighted by molar-refractivity contribution is 5.27.